The molecule has 0 saturated carbocycles. The van der Waals surface area contributed by atoms with Crippen LogP contribution in [-0.4, -0.2) is 35.7 Å². The molecule has 0 saturated heterocycles. The first kappa shape index (κ1) is 13.1. The predicted octanol–water partition coefficient (Wildman–Crippen LogP) is 1.79. The third-order valence-electron chi connectivity index (χ3n) is 2.49. The third-order valence-corrected chi connectivity index (χ3v) is 4.71. The first-order valence-corrected chi connectivity index (χ1v) is 7.00. The molecule has 2 aromatic heterocycles. The van der Waals surface area contributed by atoms with E-state index < -0.39 is 10.0 Å². The van der Waals surface area contributed by atoms with E-state index in [2.05, 4.69) is 11.6 Å². The normalized spacial score (nSPS) is 12.2. The Bertz CT molecular complexity index is 693. The zero-order valence-corrected chi connectivity index (χ0v) is 11.3. The molecule has 0 radical (unpaired) electrons. The summed E-state index contributed by atoms with van der Waals surface area (Å²) in [4.78, 5) is 4.02. The lowest BCUT2D eigenvalue weighted by Crippen LogP contribution is -2.28. The number of hydrogen-bond donors (Lipinski definition) is 0. The van der Waals surface area contributed by atoms with Crippen LogP contribution in [0, 0.1) is 0 Å². The number of halogens is 1. The fourth-order valence-electron chi connectivity index (χ4n) is 1.60. The van der Waals surface area contributed by atoms with Crippen molar-refractivity contribution in [1.29, 1.82) is 0 Å². The van der Waals surface area contributed by atoms with Gasteiger partial charge in [-0.3, -0.25) is 4.40 Å². The summed E-state index contributed by atoms with van der Waals surface area (Å²) in [5, 5.41) is -0.0544. The van der Waals surface area contributed by atoms with E-state index in [9.17, 15) is 8.42 Å². The van der Waals surface area contributed by atoms with Crippen molar-refractivity contribution in [2.45, 2.75) is 5.03 Å². The molecule has 2 rings (SSSR count). The van der Waals surface area contributed by atoms with Crippen LogP contribution in [0.2, 0.25) is 5.15 Å². The summed E-state index contributed by atoms with van der Waals surface area (Å²) < 4.78 is 27.3. The fourth-order valence-corrected chi connectivity index (χ4v) is 3.33. The average Bonchev–Trinajstić information content (AvgIpc) is 2.65. The van der Waals surface area contributed by atoms with E-state index in [0.717, 1.165) is 0 Å². The lowest BCUT2D eigenvalue weighted by molar-refractivity contribution is 0.495. The number of sulfonamides is 1. The van der Waals surface area contributed by atoms with Crippen molar-refractivity contribution in [2.24, 2.45) is 0 Å². The summed E-state index contributed by atoms with van der Waals surface area (Å²) in [5.41, 5.74) is 0.494. The summed E-state index contributed by atoms with van der Waals surface area (Å²) in [7, 11) is -2.22. The Labute approximate surface area is 110 Å². The summed E-state index contributed by atoms with van der Waals surface area (Å²) in [5.74, 6) is 0. The Morgan fingerprint density at radius 1 is 1.56 bits per heavy atom. The molecule has 0 aromatic carbocycles. The highest BCUT2D eigenvalue weighted by Crippen LogP contribution is 2.24. The van der Waals surface area contributed by atoms with Gasteiger partial charge in [0.15, 0.2) is 10.2 Å². The average molecular weight is 286 g/mol. The Balaban J connectivity index is 2.67. The van der Waals surface area contributed by atoms with Crippen LogP contribution < -0.4 is 0 Å². The van der Waals surface area contributed by atoms with Gasteiger partial charge in [-0.25, -0.2) is 13.4 Å². The Morgan fingerprint density at radius 3 is 2.94 bits per heavy atom. The van der Waals surface area contributed by atoms with Crippen molar-refractivity contribution >= 4 is 27.3 Å². The number of likely N-dealkylation sites (N-methyl/N-ethyl adjacent to an activating group) is 1. The van der Waals surface area contributed by atoms with Crippen molar-refractivity contribution < 1.29 is 8.42 Å². The van der Waals surface area contributed by atoms with Crippen LogP contribution in [0.25, 0.3) is 5.65 Å². The van der Waals surface area contributed by atoms with Gasteiger partial charge in [0.05, 0.1) is 0 Å². The van der Waals surface area contributed by atoms with Crippen LogP contribution in [0.3, 0.4) is 0 Å². The highest BCUT2D eigenvalue weighted by atomic mass is 35.5. The van der Waals surface area contributed by atoms with Crippen molar-refractivity contribution in [3.05, 3.63) is 42.2 Å². The highest BCUT2D eigenvalue weighted by Gasteiger charge is 2.27. The molecule has 0 aliphatic heterocycles. The number of aromatic nitrogens is 2. The fraction of sp³-hybridized carbons (Fsp3) is 0.182. The molecule has 2 aromatic rings. The van der Waals surface area contributed by atoms with Crippen LogP contribution in [0.4, 0.5) is 0 Å². The van der Waals surface area contributed by atoms with Crippen molar-refractivity contribution in [1.82, 2.24) is 13.7 Å². The zero-order chi connectivity index (χ0) is 13.3. The summed E-state index contributed by atoms with van der Waals surface area (Å²) >= 11 is 5.93. The molecule has 18 heavy (non-hydrogen) atoms. The Morgan fingerprint density at radius 2 is 2.28 bits per heavy atom. The van der Waals surface area contributed by atoms with Gasteiger partial charge in [0, 0.05) is 19.8 Å². The summed E-state index contributed by atoms with van der Waals surface area (Å²) in [6.07, 6.45) is 3.12. The Kier molecular flexibility index (Phi) is 3.43. The van der Waals surface area contributed by atoms with Gasteiger partial charge in [-0.1, -0.05) is 23.7 Å². The molecule has 0 aliphatic carbocycles. The van der Waals surface area contributed by atoms with E-state index in [1.807, 2.05) is 0 Å². The molecular formula is C11H12ClN3O2S. The van der Waals surface area contributed by atoms with Gasteiger partial charge >= 0.3 is 0 Å². The molecule has 0 spiro atoms. The second-order valence-corrected chi connectivity index (χ2v) is 6.03. The molecule has 0 atom stereocenters. The van der Waals surface area contributed by atoms with Crippen LogP contribution in [0.5, 0.6) is 0 Å². The number of pyridine rings is 1. The van der Waals surface area contributed by atoms with E-state index in [0.29, 0.717) is 5.65 Å². The molecular weight excluding hydrogens is 274 g/mol. The minimum atomic E-state index is -3.68. The molecule has 0 amide bonds. The standard InChI is InChI=1S/C11H12ClN3O2S/c1-3-7-14(2)18(16,17)11-10(12)13-9-6-4-5-8-15(9)11/h3-6,8H,1,7H2,2H3. The second-order valence-electron chi connectivity index (χ2n) is 3.71. The van der Waals surface area contributed by atoms with Gasteiger partial charge in [0.25, 0.3) is 10.0 Å². The first-order valence-electron chi connectivity index (χ1n) is 5.18. The Hall–Kier alpha value is -1.37. The molecule has 5 nitrogen and oxygen atoms in total. The van der Waals surface area contributed by atoms with Gasteiger partial charge in [0.1, 0.15) is 5.65 Å². The lowest BCUT2D eigenvalue weighted by atomic mass is 10.5. The maximum Gasteiger partial charge on any atom is 0.262 e. The number of rotatable bonds is 4. The maximum absolute atomic E-state index is 12.4. The molecule has 0 unspecified atom stereocenters. The van der Waals surface area contributed by atoms with Gasteiger partial charge < -0.3 is 0 Å². The molecule has 0 bridgehead atoms. The summed E-state index contributed by atoms with van der Waals surface area (Å²) in [6, 6.07) is 5.18. The quantitative estimate of drug-likeness (QED) is 0.805. The van der Waals surface area contributed by atoms with E-state index in [1.165, 1.54) is 21.8 Å². The lowest BCUT2D eigenvalue weighted by Gasteiger charge is -2.14. The number of fused-ring (bicyclic) bond motifs is 1. The van der Waals surface area contributed by atoms with E-state index in [-0.39, 0.29) is 16.7 Å². The molecule has 0 N–H and O–H groups in total. The van der Waals surface area contributed by atoms with Crippen molar-refractivity contribution in [3.63, 3.8) is 0 Å². The highest BCUT2D eigenvalue weighted by molar-refractivity contribution is 7.89. The first-order chi connectivity index (χ1) is 8.48. The third kappa shape index (κ3) is 2.03. The molecule has 2 heterocycles. The van der Waals surface area contributed by atoms with Crippen LogP contribution in [0.15, 0.2) is 42.1 Å². The predicted molar refractivity (Wildman–Crippen MR) is 70.2 cm³/mol. The smallest absolute Gasteiger partial charge is 0.262 e. The SMILES string of the molecule is C=CCN(C)S(=O)(=O)c1c(Cl)nc2ccccn12. The topological polar surface area (TPSA) is 54.7 Å². The van der Waals surface area contributed by atoms with Crippen LogP contribution in [-0.2, 0) is 10.0 Å². The molecule has 96 valence electrons. The number of hydrogen-bond acceptors (Lipinski definition) is 3. The minimum absolute atomic E-state index is 0.0240. The molecule has 7 heteroatoms. The van der Waals surface area contributed by atoms with E-state index >= 15 is 0 Å². The van der Waals surface area contributed by atoms with E-state index in [1.54, 1.807) is 24.4 Å². The van der Waals surface area contributed by atoms with Crippen molar-refractivity contribution in [3.8, 4) is 0 Å². The van der Waals surface area contributed by atoms with Crippen molar-refractivity contribution in [2.75, 3.05) is 13.6 Å². The monoisotopic (exact) mass is 285 g/mol. The number of nitrogens with zero attached hydrogens (tertiary/aromatic N) is 3. The van der Waals surface area contributed by atoms with Crippen LogP contribution in [0.1, 0.15) is 0 Å². The molecule has 0 fully saturated rings. The van der Waals surface area contributed by atoms with Gasteiger partial charge in [0.2, 0.25) is 0 Å². The second kappa shape index (κ2) is 4.72. The van der Waals surface area contributed by atoms with Gasteiger partial charge in [-0.15, -0.1) is 6.58 Å². The van der Waals surface area contributed by atoms with E-state index in [4.69, 9.17) is 11.6 Å². The molecule has 0 aliphatic rings. The zero-order valence-electron chi connectivity index (χ0n) is 9.75. The largest absolute Gasteiger partial charge is 0.288 e. The van der Waals surface area contributed by atoms with Crippen LogP contribution >= 0.6 is 11.6 Å². The van der Waals surface area contributed by atoms with Gasteiger partial charge in [-0.05, 0) is 12.1 Å². The van der Waals surface area contributed by atoms with Gasteiger partial charge in [-0.2, -0.15) is 4.31 Å². The number of imidazole rings is 1. The minimum Gasteiger partial charge on any atom is -0.288 e. The maximum atomic E-state index is 12.4. The summed E-state index contributed by atoms with van der Waals surface area (Å²) in [6.45, 7) is 3.73.